The first-order valence-corrected chi connectivity index (χ1v) is 4.24. The number of carboxylic acids is 1. The summed E-state index contributed by atoms with van der Waals surface area (Å²) in [5.41, 5.74) is 0.221. The number of aliphatic carboxylic acids is 1. The third kappa shape index (κ3) is 3.27. The number of carboxylic acid groups (broad SMARTS) is 1. The number of rotatable bonds is 4. The summed E-state index contributed by atoms with van der Waals surface area (Å²) in [5.74, 6) is -1.55. The minimum Gasteiger partial charge on any atom is -0.479 e. The molecule has 0 fully saturated rings. The van der Waals surface area contributed by atoms with E-state index in [1.807, 2.05) is 0 Å². The average Bonchev–Trinajstić information content (AvgIpc) is 2.18. The molecule has 0 bridgehead atoms. The molecule has 15 heavy (non-hydrogen) atoms. The van der Waals surface area contributed by atoms with Crippen molar-refractivity contribution in [3.8, 4) is 0 Å². The molecule has 0 amide bonds. The van der Waals surface area contributed by atoms with Crippen molar-refractivity contribution < 1.29 is 23.1 Å². The van der Waals surface area contributed by atoms with E-state index in [1.54, 1.807) is 0 Å². The molecule has 1 aromatic rings. The number of benzene rings is 1. The van der Waals surface area contributed by atoms with E-state index >= 15 is 0 Å². The molecule has 1 N–H and O–H groups in total. The second-order valence-electron chi connectivity index (χ2n) is 3.05. The van der Waals surface area contributed by atoms with E-state index in [9.17, 15) is 18.0 Å². The molecule has 1 aromatic carbocycles. The molecule has 5 heteroatoms. The Hall–Kier alpha value is -1.52. The predicted octanol–water partition coefficient (Wildman–Crippen LogP) is 2.59. The molecule has 1 rings (SSSR count). The maximum absolute atomic E-state index is 12.7. The molecule has 0 aliphatic carbocycles. The summed E-state index contributed by atoms with van der Waals surface area (Å²) in [7, 11) is 0. The predicted molar refractivity (Wildman–Crippen MR) is 47.6 cm³/mol. The summed E-state index contributed by atoms with van der Waals surface area (Å²) in [6.45, 7) is 0. The SMILES string of the molecule is O=C(O)C(F)Cc1ccc(C(F)F)cc1. The molecule has 1 unspecified atom stereocenters. The van der Waals surface area contributed by atoms with E-state index in [0.717, 1.165) is 12.1 Å². The van der Waals surface area contributed by atoms with Gasteiger partial charge in [0.05, 0.1) is 0 Å². The minimum atomic E-state index is -2.57. The lowest BCUT2D eigenvalue weighted by atomic mass is 10.1. The number of halogens is 3. The molecule has 0 aromatic heterocycles. The van der Waals surface area contributed by atoms with Crippen LogP contribution < -0.4 is 0 Å². The number of carbonyl (C=O) groups is 1. The van der Waals surface area contributed by atoms with Crippen molar-refractivity contribution in [2.24, 2.45) is 0 Å². The highest BCUT2D eigenvalue weighted by molar-refractivity contribution is 5.72. The lowest BCUT2D eigenvalue weighted by Gasteiger charge is -2.04. The van der Waals surface area contributed by atoms with E-state index in [4.69, 9.17) is 5.11 Å². The molecule has 0 spiro atoms. The van der Waals surface area contributed by atoms with Crippen LogP contribution in [0.5, 0.6) is 0 Å². The standard InChI is InChI=1S/C10H9F3O2/c11-8(10(14)15)5-6-1-3-7(4-2-6)9(12)13/h1-4,8-9H,5H2,(H,14,15). The van der Waals surface area contributed by atoms with Gasteiger partial charge in [-0.15, -0.1) is 0 Å². The van der Waals surface area contributed by atoms with Crippen molar-refractivity contribution in [2.45, 2.75) is 19.0 Å². The van der Waals surface area contributed by atoms with Crippen LogP contribution in [-0.4, -0.2) is 17.2 Å². The largest absolute Gasteiger partial charge is 0.479 e. The summed E-state index contributed by atoms with van der Waals surface area (Å²) in [5, 5.41) is 8.29. The van der Waals surface area contributed by atoms with Crippen LogP contribution >= 0.6 is 0 Å². The summed E-state index contributed by atoms with van der Waals surface area (Å²) in [4.78, 5) is 10.2. The first kappa shape index (κ1) is 11.6. The summed E-state index contributed by atoms with van der Waals surface area (Å²) in [6, 6.07) is 4.93. The zero-order valence-electron chi connectivity index (χ0n) is 7.66. The normalized spacial score (nSPS) is 12.8. The van der Waals surface area contributed by atoms with Crippen molar-refractivity contribution in [3.05, 3.63) is 35.4 Å². The van der Waals surface area contributed by atoms with Gasteiger partial charge in [0.15, 0.2) is 0 Å². The van der Waals surface area contributed by atoms with Gasteiger partial charge in [0, 0.05) is 12.0 Å². The highest BCUT2D eigenvalue weighted by Crippen LogP contribution is 2.19. The highest BCUT2D eigenvalue weighted by Gasteiger charge is 2.16. The molecule has 1 atom stereocenters. The van der Waals surface area contributed by atoms with Crippen LogP contribution in [0.1, 0.15) is 17.6 Å². The number of alkyl halides is 3. The Kier molecular flexibility index (Phi) is 3.71. The molecular formula is C10H9F3O2. The van der Waals surface area contributed by atoms with Gasteiger partial charge in [-0.05, 0) is 5.56 Å². The lowest BCUT2D eigenvalue weighted by Crippen LogP contribution is -2.17. The average molecular weight is 218 g/mol. The summed E-state index contributed by atoms with van der Waals surface area (Å²) in [6.07, 6.45) is -4.87. The topological polar surface area (TPSA) is 37.3 Å². The van der Waals surface area contributed by atoms with E-state index in [1.165, 1.54) is 12.1 Å². The Labute approximate surface area is 84.3 Å². The van der Waals surface area contributed by atoms with Gasteiger partial charge in [-0.2, -0.15) is 0 Å². The van der Waals surface area contributed by atoms with Gasteiger partial charge in [-0.1, -0.05) is 24.3 Å². The third-order valence-corrected chi connectivity index (χ3v) is 1.91. The Morgan fingerprint density at radius 2 is 1.73 bits per heavy atom. The monoisotopic (exact) mass is 218 g/mol. The van der Waals surface area contributed by atoms with Crippen LogP contribution in [0, 0.1) is 0 Å². The molecule has 0 heterocycles. The second-order valence-corrected chi connectivity index (χ2v) is 3.05. The fourth-order valence-corrected chi connectivity index (χ4v) is 1.09. The number of hydrogen-bond donors (Lipinski definition) is 1. The lowest BCUT2D eigenvalue weighted by molar-refractivity contribution is -0.142. The summed E-state index contributed by atoms with van der Waals surface area (Å²) < 4.78 is 37.0. The van der Waals surface area contributed by atoms with Crippen LogP contribution in [0.4, 0.5) is 13.2 Å². The molecular weight excluding hydrogens is 209 g/mol. The van der Waals surface area contributed by atoms with Gasteiger partial charge >= 0.3 is 5.97 Å². The molecule has 2 nitrogen and oxygen atoms in total. The fourth-order valence-electron chi connectivity index (χ4n) is 1.09. The van der Waals surface area contributed by atoms with E-state index in [0.29, 0.717) is 5.56 Å². The first-order chi connectivity index (χ1) is 7.00. The van der Waals surface area contributed by atoms with Crippen molar-refractivity contribution in [1.29, 1.82) is 0 Å². The minimum absolute atomic E-state index is 0.163. The third-order valence-electron chi connectivity index (χ3n) is 1.91. The zero-order chi connectivity index (χ0) is 11.4. The van der Waals surface area contributed by atoms with Crippen molar-refractivity contribution in [3.63, 3.8) is 0 Å². The molecule has 0 radical (unpaired) electrons. The van der Waals surface area contributed by atoms with Crippen LogP contribution in [0.3, 0.4) is 0 Å². The van der Waals surface area contributed by atoms with Gasteiger partial charge in [-0.25, -0.2) is 18.0 Å². The zero-order valence-corrected chi connectivity index (χ0v) is 7.66. The molecule has 0 aliphatic rings. The number of hydrogen-bond acceptors (Lipinski definition) is 1. The maximum Gasteiger partial charge on any atom is 0.338 e. The Morgan fingerprint density at radius 3 is 2.13 bits per heavy atom. The van der Waals surface area contributed by atoms with Crippen molar-refractivity contribution in [2.75, 3.05) is 0 Å². The van der Waals surface area contributed by atoms with Crippen LogP contribution in [0.25, 0.3) is 0 Å². The van der Waals surface area contributed by atoms with Crippen LogP contribution in [0.15, 0.2) is 24.3 Å². The summed E-state index contributed by atoms with van der Waals surface area (Å²) >= 11 is 0. The second kappa shape index (κ2) is 4.82. The molecule has 0 saturated heterocycles. The quantitative estimate of drug-likeness (QED) is 0.843. The first-order valence-electron chi connectivity index (χ1n) is 4.24. The van der Waals surface area contributed by atoms with E-state index < -0.39 is 18.6 Å². The van der Waals surface area contributed by atoms with Crippen LogP contribution in [0.2, 0.25) is 0 Å². The maximum atomic E-state index is 12.7. The van der Waals surface area contributed by atoms with Gasteiger partial charge in [0.1, 0.15) is 0 Å². The van der Waals surface area contributed by atoms with Crippen LogP contribution in [-0.2, 0) is 11.2 Å². The Bertz CT molecular complexity index is 335. The van der Waals surface area contributed by atoms with E-state index in [-0.39, 0.29) is 12.0 Å². The Balaban J connectivity index is 2.68. The van der Waals surface area contributed by atoms with Crippen molar-refractivity contribution >= 4 is 5.97 Å². The van der Waals surface area contributed by atoms with Gasteiger partial charge in [-0.3, -0.25) is 0 Å². The highest BCUT2D eigenvalue weighted by atomic mass is 19.3. The van der Waals surface area contributed by atoms with Gasteiger partial charge in [0.2, 0.25) is 6.17 Å². The van der Waals surface area contributed by atoms with Gasteiger partial charge < -0.3 is 5.11 Å². The van der Waals surface area contributed by atoms with Gasteiger partial charge in [0.25, 0.3) is 6.43 Å². The Morgan fingerprint density at radius 1 is 1.20 bits per heavy atom. The van der Waals surface area contributed by atoms with E-state index in [2.05, 4.69) is 0 Å². The molecule has 0 saturated carbocycles. The molecule has 82 valence electrons. The smallest absolute Gasteiger partial charge is 0.338 e. The fraction of sp³-hybridized carbons (Fsp3) is 0.300. The molecule has 0 aliphatic heterocycles. The van der Waals surface area contributed by atoms with Crippen molar-refractivity contribution in [1.82, 2.24) is 0 Å².